The molecule has 0 spiro atoms. The molecule has 5 N–H and O–H groups in total. The smallest absolute Gasteiger partial charge is 0.217 e. The summed E-state index contributed by atoms with van der Waals surface area (Å²) in [6.45, 7) is 5.50. The Morgan fingerprint density at radius 1 is 1.15 bits per heavy atom. The minimum absolute atomic E-state index is 0.0328. The van der Waals surface area contributed by atoms with Gasteiger partial charge in [0, 0.05) is 19.5 Å². The molecule has 182 valence electrons. The van der Waals surface area contributed by atoms with E-state index in [1.807, 2.05) is 12.1 Å². The van der Waals surface area contributed by atoms with Crippen LogP contribution in [0.1, 0.15) is 55.0 Å². The van der Waals surface area contributed by atoms with E-state index in [4.69, 9.17) is 0 Å². The van der Waals surface area contributed by atoms with Crippen LogP contribution in [0.2, 0.25) is 0 Å². The summed E-state index contributed by atoms with van der Waals surface area (Å²) in [4.78, 5) is 11.7. The number of fused-ring (bicyclic) bond motifs is 1. The van der Waals surface area contributed by atoms with Crippen molar-refractivity contribution >= 4 is 16.5 Å². The summed E-state index contributed by atoms with van der Waals surface area (Å²) < 4.78 is 48.0. The molecule has 0 unspecified atom stereocenters. The van der Waals surface area contributed by atoms with E-state index in [2.05, 4.69) is 30.5 Å². The van der Waals surface area contributed by atoms with Gasteiger partial charge in [-0.25, -0.2) is 8.78 Å². The number of carbonyl (C=O) groups is 1. The van der Waals surface area contributed by atoms with Crippen LogP contribution in [0.4, 0.5) is 8.78 Å². The summed E-state index contributed by atoms with van der Waals surface area (Å²) >= 11 is 0. The lowest BCUT2D eigenvalue weighted by Gasteiger charge is -2.42. The minimum atomic E-state index is -2.82. The van der Waals surface area contributed by atoms with Gasteiger partial charge in [0.05, 0.1) is 29.7 Å². The van der Waals surface area contributed by atoms with Crippen LogP contribution in [0, 0.1) is 11.6 Å². The minimum Gasteiger partial charge on any atom is -0.390 e. The zero-order valence-electron chi connectivity index (χ0n) is 19.0. The third kappa shape index (κ3) is 6.97. The molecule has 1 heterocycles. The average molecular weight is 483 g/mol. The van der Waals surface area contributed by atoms with Gasteiger partial charge < -0.3 is 15.7 Å². The predicted molar refractivity (Wildman–Crippen MR) is 126 cm³/mol. The molecule has 1 aliphatic rings. The number of hydrogen-bond acceptors (Lipinski definition) is 5. The Hall–Kier alpha value is -2.04. The lowest BCUT2D eigenvalue weighted by atomic mass is 9.94. The average Bonchev–Trinajstić information content (AvgIpc) is 2.69. The Bertz CT molecular complexity index is 982. The molecule has 0 aliphatic carbocycles. The fraction of sp³-hybridized carbons (Fsp3) is 0.458. The highest BCUT2D eigenvalue weighted by atomic mass is 32.3. The topological polar surface area (TPSA) is 102 Å². The standard InChI is InChI=1S/C24H32F2N2O4S/c1-14(2)17-4-5-18-12-33(31,32)13-23(21(18)9-17)27-11-24(30)22(28-15(3)29)8-16-6-19(25)10-20(26)7-16/h4-7,9-10,14,22-24,27,30-32H,8,11-13H2,1-3H3,(H,28,29)/t22-,23+,24-/m0/s1. The zero-order chi connectivity index (χ0) is 24.3. The lowest BCUT2D eigenvalue weighted by Crippen LogP contribution is -2.49. The molecule has 0 aromatic heterocycles. The molecular formula is C24H32F2N2O4S. The summed E-state index contributed by atoms with van der Waals surface area (Å²) in [7, 11) is -2.82. The van der Waals surface area contributed by atoms with Crippen LogP contribution in [0.3, 0.4) is 0 Å². The van der Waals surface area contributed by atoms with E-state index < -0.39 is 40.4 Å². The SMILES string of the molecule is CC(=O)N[C@@H](Cc1cc(F)cc(F)c1)[C@@H](O)CN[C@@H]1CS(O)(O)Cc2ccc(C(C)C)cc21. The summed E-state index contributed by atoms with van der Waals surface area (Å²) in [6, 6.07) is 7.87. The molecule has 3 rings (SSSR count). The fourth-order valence-corrected chi connectivity index (χ4v) is 5.90. The highest BCUT2D eigenvalue weighted by molar-refractivity contribution is 8.23. The van der Waals surface area contributed by atoms with E-state index in [9.17, 15) is 27.8 Å². The number of aliphatic hydroxyl groups excluding tert-OH is 1. The third-order valence-electron chi connectivity index (χ3n) is 5.84. The molecule has 0 fully saturated rings. The molecule has 1 amide bonds. The molecule has 2 aromatic rings. The molecule has 2 aromatic carbocycles. The second-order valence-corrected chi connectivity index (χ2v) is 11.3. The maximum atomic E-state index is 13.6. The number of carbonyl (C=O) groups excluding carboxylic acids is 1. The number of aliphatic hydroxyl groups is 1. The van der Waals surface area contributed by atoms with Gasteiger partial charge in [0.15, 0.2) is 0 Å². The Balaban J connectivity index is 1.77. The van der Waals surface area contributed by atoms with E-state index in [1.54, 1.807) is 0 Å². The number of nitrogens with one attached hydrogen (secondary N) is 2. The van der Waals surface area contributed by atoms with E-state index in [0.717, 1.165) is 34.9 Å². The largest absolute Gasteiger partial charge is 0.390 e. The summed E-state index contributed by atoms with van der Waals surface area (Å²) in [5, 5.41) is 16.7. The van der Waals surface area contributed by atoms with Crippen LogP contribution in [0.25, 0.3) is 0 Å². The number of halogens is 2. The quantitative estimate of drug-likeness (QED) is 0.390. The number of benzene rings is 2. The van der Waals surface area contributed by atoms with Gasteiger partial charge >= 0.3 is 0 Å². The fourth-order valence-electron chi connectivity index (χ4n) is 4.19. The van der Waals surface area contributed by atoms with Crippen molar-refractivity contribution in [1.29, 1.82) is 0 Å². The van der Waals surface area contributed by atoms with Gasteiger partial charge in [0.1, 0.15) is 11.6 Å². The van der Waals surface area contributed by atoms with Crippen LogP contribution in [-0.2, 0) is 17.0 Å². The zero-order valence-corrected chi connectivity index (χ0v) is 19.8. The van der Waals surface area contributed by atoms with Gasteiger partial charge in [-0.05, 0) is 46.7 Å². The number of amides is 1. The van der Waals surface area contributed by atoms with Crippen molar-refractivity contribution in [3.05, 3.63) is 70.3 Å². The second-order valence-electron chi connectivity index (χ2n) is 9.04. The van der Waals surface area contributed by atoms with Crippen LogP contribution in [-0.4, -0.2) is 44.6 Å². The van der Waals surface area contributed by atoms with E-state index >= 15 is 0 Å². The summed E-state index contributed by atoms with van der Waals surface area (Å²) in [6.07, 6.45) is -1.05. The van der Waals surface area contributed by atoms with Crippen molar-refractivity contribution in [1.82, 2.24) is 10.6 Å². The van der Waals surface area contributed by atoms with Gasteiger partial charge in [-0.15, -0.1) is 0 Å². The Labute approximate surface area is 194 Å². The first-order valence-electron chi connectivity index (χ1n) is 10.9. The van der Waals surface area contributed by atoms with Gasteiger partial charge in [0.25, 0.3) is 0 Å². The van der Waals surface area contributed by atoms with Crippen molar-refractivity contribution < 1.29 is 27.8 Å². The van der Waals surface area contributed by atoms with Gasteiger partial charge in [-0.1, -0.05) is 32.0 Å². The Kier molecular flexibility index (Phi) is 8.13. The molecule has 0 saturated heterocycles. The summed E-state index contributed by atoms with van der Waals surface area (Å²) in [5.41, 5.74) is 3.25. The van der Waals surface area contributed by atoms with E-state index in [-0.39, 0.29) is 30.4 Å². The molecule has 0 bridgehead atoms. The first-order chi connectivity index (χ1) is 15.4. The van der Waals surface area contributed by atoms with E-state index in [1.165, 1.54) is 6.92 Å². The van der Waals surface area contributed by atoms with Crippen molar-refractivity contribution in [3.8, 4) is 0 Å². The molecule has 6 nitrogen and oxygen atoms in total. The molecule has 33 heavy (non-hydrogen) atoms. The molecule has 1 aliphatic heterocycles. The summed E-state index contributed by atoms with van der Waals surface area (Å²) in [5.74, 6) is -1.22. The molecule has 0 radical (unpaired) electrons. The monoisotopic (exact) mass is 482 g/mol. The van der Waals surface area contributed by atoms with Gasteiger partial charge in [0.2, 0.25) is 5.91 Å². The maximum Gasteiger partial charge on any atom is 0.217 e. The first-order valence-corrected chi connectivity index (χ1v) is 12.8. The Morgan fingerprint density at radius 3 is 2.42 bits per heavy atom. The highest BCUT2D eigenvalue weighted by Gasteiger charge is 2.31. The van der Waals surface area contributed by atoms with E-state index in [0.29, 0.717) is 11.5 Å². The molecular weight excluding hydrogens is 450 g/mol. The lowest BCUT2D eigenvalue weighted by molar-refractivity contribution is -0.120. The second kappa shape index (κ2) is 10.5. The highest BCUT2D eigenvalue weighted by Crippen LogP contribution is 2.51. The molecule has 0 saturated carbocycles. The predicted octanol–water partition coefficient (Wildman–Crippen LogP) is 4.09. The van der Waals surface area contributed by atoms with Crippen molar-refractivity contribution in [2.24, 2.45) is 0 Å². The number of hydrogen-bond donors (Lipinski definition) is 5. The van der Waals surface area contributed by atoms with Crippen LogP contribution < -0.4 is 10.6 Å². The molecule has 3 atom stereocenters. The van der Waals surface area contributed by atoms with Crippen LogP contribution >= 0.6 is 10.6 Å². The van der Waals surface area contributed by atoms with Crippen molar-refractivity contribution in [2.45, 2.75) is 57.1 Å². The van der Waals surface area contributed by atoms with Crippen molar-refractivity contribution in [2.75, 3.05) is 12.3 Å². The van der Waals surface area contributed by atoms with Gasteiger partial charge in [-0.2, -0.15) is 10.6 Å². The van der Waals surface area contributed by atoms with Crippen LogP contribution in [0.5, 0.6) is 0 Å². The Morgan fingerprint density at radius 2 is 1.82 bits per heavy atom. The first kappa shape index (κ1) is 25.6. The molecule has 9 heteroatoms. The normalized spacial score (nSPS) is 20.1. The maximum absolute atomic E-state index is 13.6. The van der Waals surface area contributed by atoms with Gasteiger partial charge in [-0.3, -0.25) is 13.9 Å². The third-order valence-corrected chi connectivity index (χ3v) is 7.48. The van der Waals surface area contributed by atoms with Crippen molar-refractivity contribution in [3.63, 3.8) is 0 Å². The number of rotatable bonds is 8. The van der Waals surface area contributed by atoms with Crippen LogP contribution in [0.15, 0.2) is 36.4 Å².